The summed E-state index contributed by atoms with van der Waals surface area (Å²) in [6.07, 6.45) is 0.551. The minimum Gasteiger partial charge on any atom is -0.372 e. The van der Waals surface area contributed by atoms with E-state index in [2.05, 4.69) is 5.10 Å². The van der Waals surface area contributed by atoms with E-state index in [0.29, 0.717) is 35.0 Å². The molecule has 0 aromatic heterocycles. The Morgan fingerprint density at radius 3 is 2.72 bits per heavy atom. The van der Waals surface area contributed by atoms with E-state index in [1.165, 1.54) is 42.1 Å². The first-order valence-corrected chi connectivity index (χ1v) is 10.5. The van der Waals surface area contributed by atoms with E-state index >= 15 is 0 Å². The normalized spacial score (nSPS) is 19.9. The maximum Gasteiger partial charge on any atom is 0.273 e. The zero-order valence-electron chi connectivity index (χ0n) is 16.3. The van der Waals surface area contributed by atoms with Crippen molar-refractivity contribution in [2.45, 2.75) is 30.7 Å². The van der Waals surface area contributed by atoms with E-state index < -0.39 is 16.8 Å². The molecule has 1 unspecified atom stereocenters. The van der Waals surface area contributed by atoms with E-state index in [9.17, 15) is 9.18 Å². The fraction of sp³-hybridized carbons (Fsp3) is 0.333. The molecule has 154 valence electrons. The summed E-state index contributed by atoms with van der Waals surface area (Å²) >= 11 is 7.71. The standard InChI is InChI=1S/C21H23ClFN3O2S/c1-14(28-2)20(27)26-21(11-6-12-24,15-7-4-3-5-8-15)29-19(25-26)17-13-16(23)9-10-18(17)22/h3-5,7-10,13-14H,6,11-12,24H2,1-2H3/t14-,21?/m0/s1. The third-order valence-corrected chi connectivity index (χ3v) is 6.59. The van der Waals surface area contributed by atoms with Crippen molar-refractivity contribution in [2.75, 3.05) is 13.7 Å². The quantitative estimate of drug-likeness (QED) is 0.702. The number of benzene rings is 2. The van der Waals surface area contributed by atoms with Crippen molar-refractivity contribution in [3.05, 3.63) is 70.5 Å². The van der Waals surface area contributed by atoms with Crippen LogP contribution in [0.4, 0.5) is 4.39 Å². The first kappa shape index (κ1) is 21.8. The maximum absolute atomic E-state index is 13.9. The highest BCUT2D eigenvalue weighted by Gasteiger charge is 2.49. The van der Waals surface area contributed by atoms with Crippen LogP contribution >= 0.6 is 23.4 Å². The van der Waals surface area contributed by atoms with Crippen molar-refractivity contribution in [1.29, 1.82) is 0 Å². The molecule has 0 saturated heterocycles. The summed E-state index contributed by atoms with van der Waals surface area (Å²) in [5, 5.41) is 6.90. The van der Waals surface area contributed by atoms with Gasteiger partial charge in [0.05, 0.1) is 5.02 Å². The molecule has 8 heteroatoms. The van der Waals surface area contributed by atoms with Gasteiger partial charge < -0.3 is 10.5 Å². The van der Waals surface area contributed by atoms with Crippen LogP contribution in [-0.4, -0.2) is 35.7 Å². The fourth-order valence-electron chi connectivity index (χ4n) is 3.19. The number of carbonyl (C=O) groups is 1. The molecule has 1 amide bonds. The largest absolute Gasteiger partial charge is 0.372 e. The molecule has 0 bridgehead atoms. The van der Waals surface area contributed by atoms with Crippen LogP contribution in [0.3, 0.4) is 0 Å². The number of amides is 1. The number of rotatable bonds is 7. The van der Waals surface area contributed by atoms with Gasteiger partial charge in [0, 0.05) is 12.7 Å². The van der Waals surface area contributed by atoms with Crippen LogP contribution < -0.4 is 5.73 Å². The number of hydrogen-bond acceptors (Lipinski definition) is 5. The van der Waals surface area contributed by atoms with E-state index in [0.717, 1.165) is 5.56 Å². The van der Waals surface area contributed by atoms with Crippen LogP contribution in [0.1, 0.15) is 30.9 Å². The molecule has 1 aliphatic heterocycles. The van der Waals surface area contributed by atoms with Gasteiger partial charge in [0.2, 0.25) is 0 Å². The molecule has 2 aromatic carbocycles. The molecule has 2 atom stereocenters. The molecular formula is C21H23ClFN3O2S. The summed E-state index contributed by atoms with van der Waals surface area (Å²) in [5.74, 6) is -0.710. The van der Waals surface area contributed by atoms with Crippen molar-refractivity contribution in [3.8, 4) is 0 Å². The van der Waals surface area contributed by atoms with Gasteiger partial charge in [0.1, 0.15) is 21.8 Å². The van der Waals surface area contributed by atoms with E-state index in [-0.39, 0.29) is 5.91 Å². The average Bonchev–Trinajstić information content (AvgIpc) is 3.14. The van der Waals surface area contributed by atoms with Crippen LogP contribution in [0.5, 0.6) is 0 Å². The first-order valence-electron chi connectivity index (χ1n) is 9.28. The van der Waals surface area contributed by atoms with Crippen LogP contribution in [0.2, 0.25) is 5.02 Å². The predicted octanol–water partition coefficient (Wildman–Crippen LogP) is 4.34. The number of hydrazone groups is 1. The van der Waals surface area contributed by atoms with Crippen molar-refractivity contribution >= 4 is 34.3 Å². The number of halogens is 2. The fourth-order valence-corrected chi connectivity index (χ4v) is 4.89. The summed E-state index contributed by atoms with van der Waals surface area (Å²) in [6.45, 7) is 2.14. The number of nitrogens with zero attached hydrogens (tertiary/aromatic N) is 2. The molecular weight excluding hydrogens is 413 g/mol. The monoisotopic (exact) mass is 435 g/mol. The van der Waals surface area contributed by atoms with Crippen molar-refractivity contribution in [1.82, 2.24) is 5.01 Å². The third-order valence-electron chi connectivity index (χ3n) is 4.81. The van der Waals surface area contributed by atoms with Gasteiger partial charge in [-0.15, -0.1) is 0 Å². The molecule has 0 radical (unpaired) electrons. The Bertz CT molecular complexity index is 912. The Kier molecular flexibility index (Phi) is 6.95. The topological polar surface area (TPSA) is 67.9 Å². The van der Waals surface area contributed by atoms with Gasteiger partial charge in [0.15, 0.2) is 0 Å². The highest BCUT2D eigenvalue weighted by atomic mass is 35.5. The summed E-state index contributed by atoms with van der Waals surface area (Å²) in [6, 6.07) is 13.8. The van der Waals surface area contributed by atoms with E-state index in [4.69, 9.17) is 22.1 Å². The Hall–Kier alpha value is -1.93. The lowest BCUT2D eigenvalue weighted by atomic mass is 10.00. The molecule has 29 heavy (non-hydrogen) atoms. The SMILES string of the molecule is CO[C@@H](C)C(=O)N1N=C(c2cc(F)ccc2Cl)SC1(CCCN)c1ccccc1. The van der Waals surface area contributed by atoms with Crippen LogP contribution in [-0.2, 0) is 14.4 Å². The number of nitrogens with two attached hydrogens (primary N) is 1. The molecule has 2 aromatic rings. The van der Waals surface area contributed by atoms with Gasteiger partial charge in [-0.05, 0) is 50.1 Å². The van der Waals surface area contributed by atoms with E-state index in [1.54, 1.807) is 6.92 Å². The second kappa shape index (κ2) is 9.26. The minimum absolute atomic E-state index is 0.289. The molecule has 0 fully saturated rings. The molecule has 1 aliphatic rings. The summed E-state index contributed by atoms with van der Waals surface area (Å²) < 4.78 is 19.2. The average molecular weight is 436 g/mol. The molecule has 5 nitrogen and oxygen atoms in total. The van der Waals surface area contributed by atoms with Crippen molar-refractivity contribution in [3.63, 3.8) is 0 Å². The van der Waals surface area contributed by atoms with Gasteiger partial charge in [0.25, 0.3) is 5.91 Å². The Labute approximate surface area is 179 Å². The number of thioether (sulfide) groups is 1. The van der Waals surface area contributed by atoms with Gasteiger partial charge in [-0.3, -0.25) is 4.79 Å². The molecule has 0 spiro atoms. The highest BCUT2D eigenvalue weighted by Crippen LogP contribution is 2.51. The molecule has 1 heterocycles. The zero-order chi connectivity index (χ0) is 21.0. The lowest BCUT2D eigenvalue weighted by Crippen LogP contribution is -2.46. The van der Waals surface area contributed by atoms with Crippen molar-refractivity contribution < 1.29 is 13.9 Å². The summed E-state index contributed by atoms with van der Waals surface area (Å²) in [4.78, 5) is 12.4. The van der Waals surface area contributed by atoms with Crippen molar-refractivity contribution in [2.24, 2.45) is 10.8 Å². The maximum atomic E-state index is 13.9. The second-order valence-electron chi connectivity index (χ2n) is 6.70. The van der Waals surface area contributed by atoms with Gasteiger partial charge in [-0.2, -0.15) is 5.10 Å². The second-order valence-corrected chi connectivity index (χ2v) is 8.38. The molecule has 2 N–H and O–H groups in total. The number of ether oxygens (including phenoxy) is 1. The van der Waals surface area contributed by atoms with Crippen LogP contribution in [0.15, 0.2) is 53.6 Å². The van der Waals surface area contributed by atoms with E-state index in [1.807, 2.05) is 30.3 Å². The van der Waals surface area contributed by atoms with Gasteiger partial charge >= 0.3 is 0 Å². The smallest absolute Gasteiger partial charge is 0.273 e. The predicted molar refractivity (Wildman–Crippen MR) is 115 cm³/mol. The third kappa shape index (κ3) is 4.33. The lowest BCUT2D eigenvalue weighted by molar-refractivity contribution is -0.144. The van der Waals surface area contributed by atoms with Crippen LogP contribution in [0, 0.1) is 5.82 Å². The van der Waals surface area contributed by atoms with Gasteiger partial charge in [-0.25, -0.2) is 9.40 Å². The lowest BCUT2D eigenvalue weighted by Gasteiger charge is -2.36. The zero-order valence-corrected chi connectivity index (χ0v) is 17.8. The Morgan fingerprint density at radius 1 is 1.34 bits per heavy atom. The molecule has 3 rings (SSSR count). The number of carbonyl (C=O) groups excluding carboxylic acids is 1. The number of hydrogen-bond donors (Lipinski definition) is 1. The summed E-state index contributed by atoms with van der Waals surface area (Å²) in [7, 11) is 1.48. The molecule has 0 saturated carbocycles. The van der Waals surface area contributed by atoms with Gasteiger partial charge in [-0.1, -0.05) is 53.7 Å². The Morgan fingerprint density at radius 2 is 2.07 bits per heavy atom. The first-order chi connectivity index (χ1) is 13.9. The van der Waals surface area contributed by atoms with Crippen LogP contribution in [0.25, 0.3) is 0 Å². The summed E-state index contributed by atoms with van der Waals surface area (Å²) in [5.41, 5.74) is 7.15. The minimum atomic E-state index is -0.824. The number of methoxy groups -OCH3 is 1. The Balaban J connectivity index is 2.15. The highest BCUT2D eigenvalue weighted by molar-refractivity contribution is 8.15. The molecule has 0 aliphatic carbocycles.